The van der Waals surface area contributed by atoms with Gasteiger partial charge in [0.05, 0.1) is 10.7 Å². The summed E-state index contributed by atoms with van der Waals surface area (Å²) >= 11 is 15.5. The van der Waals surface area contributed by atoms with E-state index in [4.69, 9.17) is 23.2 Å². The van der Waals surface area contributed by atoms with E-state index in [0.29, 0.717) is 15.7 Å². The molecule has 0 spiro atoms. The first kappa shape index (κ1) is 14.9. The Labute approximate surface area is 141 Å². The van der Waals surface area contributed by atoms with Crippen molar-refractivity contribution in [3.05, 3.63) is 62.0 Å². The molecule has 1 N–H and O–H groups in total. The zero-order valence-electron chi connectivity index (χ0n) is 11.0. The Kier molecular flexibility index (Phi) is 4.25. The molecule has 1 aliphatic carbocycles. The summed E-state index contributed by atoms with van der Waals surface area (Å²) in [4.78, 5) is 12.4. The predicted octanol–water partition coefficient (Wildman–Crippen LogP) is 5.11. The molecule has 5 heteroatoms. The largest absolute Gasteiger partial charge is 0.324 e. The zero-order chi connectivity index (χ0) is 15.0. The Morgan fingerprint density at radius 2 is 1.86 bits per heavy atom. The van der Waals surface area contributed by atoms with Crippen LogP contribution in [0.3, 0.4) is 0 Å². The molecule has 108 valence electrons. The predicted molar refractivity (Wildman–Crippen MR) is 90.1 cm³/mol. The number of carbonyl (C=O) groups excluding carboxylic acids is 1. The molecule has 0 saturated carbocycles. The maximum Gasteiger partial charge on any atom is 0.228 e. The van der Waals surface area contributed by atoms with Crippen LogP contribution in [-0.2, 0) is 17.6 Å². The highest BCUT2D eigenvalue weighted by Crippen LogP contribution is 2.31. The van der Waals surface area contributed by atoms with Gasteiger partial charge in [-0.05, 0) is 54.3 Å². The molecule has 21 heavy (non-hydrogen) atoms. The number of carbonyl (C=O) groups is 1. The summed E-state index contributed by atoms with van der Waals surface area (Å²) in [6, 6.07) is 11.2. The average Bonchev–Trinajstić information content (AvgIpc) is 2.86. The van der Waals surface area contributed by atoms with Crippen molar-refractivity contribution in [3.8, 4) is 0 Å². The van der Waals surface area contributed by atoms with Gasteiger partial charge in [0.15, 0.2) is 0 Å². The maximum absolute atomic E-state index is 12.4. The van der Waals surface area contributed by atoms with Crippen LogP contribution in [0.15, 0.2) is 40.9 Å². The summed E-state index contributed by atoms with van der Waals surface area (Å²) < 4.78 is 1.04. The third-order valence-corrected chi connectivity index (χ3v) is 4.72. The topological polar surface area (TPSA) is 29.1 Å². The molecule has 2 nitrogen and oxygen atoms in total. The number of anilines is 1. The highest BCUT2D eigenvalue weighted by molar-refractivity contribution is 9.10. The van der Waals surface area contributed by atoms with Gasteiger partial charge < -0.3 is 5.32 Å². The summed E-state index contributed by atoms with van der Waals surface area (Å²) in [5.41, 5.74) is 3.02. The summed E-state index contributed by atoms with van der Waals surface area (Å²) in [7, 11) is 0. The molecule has 0 radical (unpaired) electrons. The molecule has 2 aromatic rings. The van der Waals surface area contributed by atoms with E-state index in [0.717, 1.165) is 17.3 Å². The summed E-state index contributed by atoms with van der Waals surface area (Å²) in [6.45, 7) is 0. The average molecular weight is 385 g/mol. The summed E-state index contributed by atoms with van der Waals surface area (Å²) in [6.07, 6.45) is 1.51. The molecular weight excluding hydrogens is 373 g/mol. The number of rotatable bonds is 2. The highest BCUT2D eigenvalue weighted by Gasteiger charge is 2.27. The number of amides is 1. The highest BCUT2D eigenvalue weighted by atomic mass is 79.9. The quantitative estimate of drug-likeness (QED) is 0.765. The van der Waals surface area contributed by atoms with Crippen molar-refractivity contribution >= 4 is 50.7 Å². The first-order valence-electron chi connectivity index (χ1n) is 6.56. The molecule has 1 amide bonds. The van der Waals surface area contributed by atoms with E-state index in [1.54, 1.807) is 18.2 Å². The van der Waals surface area contributed by atoms with Crippen LogP contribution < -0.4 is 5.32 Å². The molecule has 0 aliphatic heterocycles. The van der Waals surface area contributed by atoms with Crippen molar-refractivity contribution in [3.63, 3.8) is 0 Å². The molecule has 1 aliphatic rings. The van der Waals surface area contributed by atoms with Crippen LogP contribution in [0.5, 0.6) is 0 Å². The van der Waals surface area contributed by atoms with E-state index in [-0.39, 0.29) is 11.8 Å². The Morgan fingerprint density at radius 3 is 2.67 bits per heavy atom. The van der Waals surface area contributed by atoms with Crippen LogP contribution in [0.2, 0.25) is 10.0 Å². The van der Waals surface area contributed by atoms with E-state index >= 15 is 0 Å². The maximum atomic E-state index is 12.4. The van der Waals surface area contributed by atoms with Gasteiger partial charge in [-0.25, -0.2) is 0 Å². The van der Waals surface area contributed by atoms with E-state index in [1.807, 2.05) is 6.07 Å². The van der Waals surface area contributed by atoms with Crippen LogP contribution in [0.4, 0.5) is 5.69 Å². The molecule has 2 aromatic carbocycles. The van der Waals surface area contributed by atoms with Gasteiger partial charge in [0, 0.05) is 15.4 Å². The van der Waals surface area contributed by atoms with E-state index < -0.39 is 0 Å². The molecule has 3 rings (SSSR count). The second-order valence-corrected chi connectivity index (χ2v) is 6.89. The third kappa shape index (κ3) is 3.25. The molecule has 0 bridgehead atoms. The molecule has 0 aromatic heterocycles. The third-order valence-electron chi connectivity index (χ3n) is 3.66. The molecular formula is C16H12BrCl2NO. The first-order valence-corrected chi connectivity index (χ1v) is 8.11. The van der Waals surface area contributed by atoms with Crippen LogP contribution in [0, 0.1) is 5.92 Å². The second kappa shape index (κ2) is 5.99. The Hall–Kier alpha value is -1.03. The lowest BCUT2D eigenvalue weighted by Crippen LogP contribution is -2.23. The van der Waals surface area contributed by atoms with Crippen molar-refractivity contribution in [2.45, 2.75) is 12.8 Å². The van der Waals surface area contributed by atoms with Crippen LogP contribution in [-0.4, -0.2) is 5.91 Å². The fraction of sp³-hybridized carbons (Fsp3) is 0.188. The van der Waals surface area contributed by atoms with Gasteiger partial charge in [-0.15, -0.1) is 0 Å². The number of fused-ring (bicyclic) bond motifs is 1. The van der Waals surface area contributed by atoms with Gasteiger partial charge in [0.2, 0.25) is 5.91 Å². The van der Waals surface area contributed by atoms with E-state index in [1.165, 1.54) is 11.1 Å². The fourth-order valence-electron chi connectivity index (χ4n) is 2.60. The first-order chi connectivity index (χ1) is 10.0. The second-order valence-electron chi connectivity index (χ2n) is 5.13. The number of benzene rings is 2. The molecule has 0 saturated heterocycles. The summed E-state index contributed by atoms with van der Waals surface area (Å²) in [5.74, 6) is -0.0872. The molecule has 0 heterocycles. The van der Waals surface area contributed by atoms with Gasteiger partial charge in [-0.2, -0.15) is 0 Å². The molecule has 1 atom stereocenters. The number of nitrogens with one attached hydrogen (secondary N) is 1. The van der Waals surface area contributed by atoms with Crippen LogP contribution in [0.25, 0.3) is 0 Å². The minimum Gasteiger partial charge on any atom is -0.324 e. The normalized spacial score (nSPS) is 16.6. The van der Waals surface area contributed by atoms with Crippen LogP contribution in [0.1, 0.15) is 11.1 Å². The molecule has 0 fully saturated rings. The van der Waals surface area contributed by atoms with Crippen molar-refractivity contribution < 1.29 is 4.79 Å². The monoisotopic (exact) mass is 383 g/mol. The number of hydrogen-bond donors (Lipinski definition) is 1. The summed E-state index contributed by atoms with van der Waals surface area (Å²) in [5, 5.41) is 3.92. The lowest BCUT2D eigenvalue weighted by molar-refractivity contribution is -0.119. The van der Waals surface area contributed by atoms with E-state index in [9.17, 15) is 4.79 Å². The van der Waals surface area contributed by atoms with Crippen molar-refractivity contribution in [1.29, 1.82) is 0 Å². The Morgan fingerprint density at radius 1 is 1.10 bits per heavy atom. The Bertz CT molecular complexity index is 717. The van der Waals surface area contributed by atoms with E-state index in [2.05, 4.69) is 33.4 Å². The van der Waals surface area contributed by atoms with Gasteiger partial charge in [-0.3, -0.25) is 4.79 Å². The zero-order valence-corrected chi connectivity index (χ0v) is 14.1. The number of halogens is 3. The fourth-order valence-corrected chi connectivity index (χ4v) is 3.35. The number of hydrogen-bond acceptors (Lipinski definition) is 1. The van der Waals surface area contributed by atoms with Crippen molar-refractivity contribution in [2.75, 3.05) is 5.32 Å². The smallest absolute Gasteiger partial charge is 0.228 e. The van der Waals surface area contributed by atoms with Gasteiger partial charge in [0.1, 0.15) is 0 Å². The lowest BCUT2D eigenvalue weighted by Gasteiger charge is -2.12. The van der Waals surface area contributed by atoms with Gasteiger partial charge >= 0.3 is 0 Å². The standard InChI is InChI=1S/C16H12BrCl2NO/c17-12-2-1-9-5-11(6-10(9)7-12)16(21)20-15-8-13(18)3-4-14(15)19/h1-4,7-8,11H,5-6H2,(H,20,21). The van der Waals surface area contributed by atoms with Crippen LogP contribution >= 0.6 is 39.1 Å². The minimum absolute atomic E-state index is 0.0218. The Balaban J connectivity index is 1.74. The van der Waals surface area contributed by atoms with Crippen molar-refractivity contribution in [1.82, 2.24) is 0 Å². The minimum atomic E-state index is -0.0654. The lowest BCUT2D eigenvalue weighted by atomic mass is 10.1. The SMILES string of the molecule is O=C(Nc1cc(Cl)ccc1Cl)C1Cc2ccc(Br)cc2C1. The molecule has 1 unspecified atom stereocenters. The van der Waals surface area contributed by atoms with Crippen molar-refractivity contribution in [2.24, 2.45) is 5.92 Å². The van der Waals surface area contributed by atoms with Gasteiger partial charge in [0.25, 0.3) is 0 Å². The van der Waals surface area contributed by atoms with Gasteiger partial charge in [-0.1, -0.05) is 45.2 Å².